The Hall–Kier alpha value is -1.33. The number of hydrogen-bond acceptors (Lipinski definition) is 2. The lowest BCUT2D eigenvalue weighted by molar-refractivity contribution is 0.0947. The predicted octanol–water partition coefficient (Wildman–Crippen LogP) is 4.33. The Bertz CT molecular complexity index is 624. The highest BCUT2D eigenvalue weighted by Crippen LogP contribution is 2.20. The van der Waals surface area contributed by atoms with Crippen molar-refractivity contribution in [2.24, 2.45) is 0 Å². The van der Waals surface area contributed by atoms with E-state index in [1.807, 2.05) is 37.3 Å². The Morgan fingerprint density at radius 2 is 1.86 bits per heavy atom. The fraction of sp³-hybridized carbons (Fsp3) is 0.188. The zero-order chi connectivity index (χ0) is 15.2. The fourth-order valence-electron chi connectivity index (χ4n) is 1.83. The zero-order valence-corrected chi connectivity index (χ0v) is 14.7. The maximum Gasteiger partial charge on any atom is 0.251 e. The first-order valence-electron chi connectivity index (χ1n) is 6.48. The number of nitrogens with one attached hydrogen (secondary N) is 1. The number of carbonyl (C=O) groups excluding carboxylic acids is 1. The highest BCUT2D eigenvalue weighted by Gasteiger charge is 2.07. The molecule has 0 aliphatic heterocycles. The second-order valence-electron chi connectivity index (χ2n) is 4.58. The lowest BCUT2D eigenvalue weighted by Gasteiger charge is -2.09. The Kier molecular flexibility index (Phi) is 5.82. The molecule has 2 rings (SSSR count). The van der Waals surface area contributed by atoms with Crippen LogP contribution in [-0.2, 0) is 0 Å². The molecule has 1 N–H and O–H groups in total. The smallest absolute Gasteiger partial charge is 0.251 e. The molecular weight excluding hydrogens is 398 g/mol. The number of carbonyl (C=O) groups is 1. The molecule has 0 aliphatic rings. The van der Waals surface area contributed by atoms with Crippen LogP contribution in [0.2, 0.25) is 0 Å². The summed E-state index contributed by atoms with van der Waals surface area (Å²) in [5, 5.41) is 2.83. The van der Waals surface area contributed by atoms with Crippen molar-refractivity contribution in [2.75, 3.05) is 13.2 Å². The lowest BCUT2D eigenvalue weighted by atomic mass is 10.2. The molecule has 2 aromatic carbocycles. The van der Waals surface area contributed by atoms with Crippen LogP contribution in [0.4, 0.5) is 0 Å². The first kappa shape index (κ1) is 16.0. The van der Waals surface area contributed by atoms with Crippen LogP contribution in [-0.4, -0.2) is 19.1 Å². The topological polar surface area (TPSA) is 38.3 Å². The molecule has 2 aromatic rings. The minimum Gasteiger partial charge on any atom is -0.492 e. The molecule has 21 heavy (non-hydrogen) atoms. The van der Waals surface area contributed by atoms with Gasteiger partial charge in [-0.15, -0.1) is 0 Å². The molecule has 0 aromatic heterocycles. The summed E-state index contributed by atoms with van der Waals surface area (Å²) < 4.78 is 7.31. The van der Waals surface area contributed by atoms with E-state index in [1.54, 1.807) is 12.1 Å². The van der Waals surface area contributed by atoms with Gasteiger partial charge < -0.3 is 10.1 Å². The van der Waals surface area contributed by atoms with Gasteiger partial charge >= 0.3 is 0 Å². The predicted molar refractivity (Wildman–Crippen MR) is 90.8 cm³/mol. The summed E-state index contributed by atoms with van der Waals surface area (Å²) in [7, 11) is 0. The Morgan fingerprint density at radius 3 is 2.52 bits per heavy atom. The minimum atomic E-state index is -0.121. The molecule has 0 bridgehead atoms. The van der Waals surface area contributed by atoms with E-state index < -0.39 is 0 Å². The van der Waals surface area contributed by atoms with Gasteiger partial charge in [0.15, 0.2) is 0 Å². The molecule has 0 aliphatic carbocycles. The summed E-state index contributed by atoms with van der Waals surface area (Å²) >= 11 is 6.73. The lowest BCUT2D eigenvalue weighted by Crippen LogP contribution is -2.28. The number of benzene rings is 2. The van der Waals surface area contributed by atoms with Crippen LogP contribution < -0.4 is 10.1 Å². The molecule has 0 heterocycles. The minimum absolute atomic E-state index is 0.121. The average Bonchev–Trinajstić information content (AvgIpc) is 2.42. The van der Waals surface area contributed by atoms with Gasteiger partial charge in [0.05, 0.1) is 6.54 Å². The van der Waals surface area contributed by atoms with Gasteiger partial charge in [-0.1, -0.05) is 44.0 Å². The highest BCUT2D eigenvalue weighted by atomic mass is 79.9. The van der Waals surface area contributed by atoms with E-state index in [0.717, 1.165) is 20.3 Å². The summed E-state index contributed by atoms with van der Waals surface area (Å²) in [6.45, 7) is 2.90. The first-order chi connectivity index (χ1) is 10.0. The standard InChI is InChI=1S/C16H15Br2NO2/c1-11-3-2-4-15(7-11)21-6-5-19-16(20)12-8-13(17)10-14(18)9-12/h2-4,7-10H,5-6H2,1H3,(H,19,20). The first-order valence-corrected chi connectivity index (χ1v) is 8.07. The zero-order valence-electron chi connectivity index (χ0n) is 11.5. The monoisotopic (exact) mass is 411 g/mol. The van der Waals surface area contributed by atoms with Crippen LogP contribution in [0.1, 0.15) is 15.9 Å². The molecule has 0 radical (unpaired) electrons. The van der Waals surface area contributed by atoms with Gasteiger partial charge in [0, 0.05) is 14.5 Å². The molecule has 0 saturated heterocycles. The molecule has 0 spiro atoms. The van der Waals surface area contributed by atoms with Gasteiger partial charge in [-0.05, 0) is 42.8 Å². The Balaban J connectivity index is 1.82. The van der Waals surface area contributed by atoms with E-state index in [1.165, 1.54) is 0 Å². The molecule has 0 atom stereocenters. The number of hydrogen-bond donors (Lipinski definition) is 1. The van der Waals surface area contributed by atoms with Crippen LogP contribution in [0.5, 0.6) is 5.75 Å². The van der Waals surface area contributed by atoms with Gasteiger partial charge in [0.25, 0.3) is 5.91 Å². The van der Waals surface area contributed by atoms with Gasteiger partial charge in [-0.2, -0.15) is 0 Å². The molecule has 0 unspecified atom stereocenters. The normalized spacial score (nSPS) is 10.2. The number of amides is 1. The van der Waals surface area contributed by atoms with Gasteiger partial charge in [-0.25, -0.2) is 0 Å². The van der Waals surface area contributed by atoms with Gasteiger partial charge in [0.1, 0.15) is 12.4 Å². The number of ether oxygens (including phenoxy) is 1. The Morgan fingerprint density at radius 1 is 1.14 bits per heavy atom. The van der Waals surface area contributed by atoms with E-state index in [0.29, 0.717) is 18.7 Å². The van der Waals surface area contributed by atoms with E-state index in [9.17, 15) is 4.79 Å². The van der Waals surface area contributed by atoms with Crippen molar-refractivity contribution in [2.45, 2.75) is 6.92 Å². The van der Waals surface area contributed by atoms with Gasteiger partial charge in [-0.3, -0.25) is 4.79 Å². The Labute approximate surface area is 141 Å². The number of aryl methyl sites for hydroxylation is 1. The van der Waals surface area contributed by atoms with Crippen molar-refractivity contribution in [3.63, 3.8) is 0 Å². The number of rotatable bonds is 5. The maximum atomic E-state index is 12.0. The molecular formula is C16H15Br2NO2. The highest BCUT2D eigenvalue weighted by molar-refractivity contribution is 9.11. The SMILES string of the molecule is Cc1cccc(OCCNC(=O)c2cc(Br)cc(Br)c2)c1. The van der Waals surface area contributed by atoms with E-state index in [-0.39, 0.29) is 5.91 Å². The summed E-state index contributed by atoms with van der Waals surface area (Å²) in [6.07, 6.45) is 0. The third-order valence-electron chi connectivity index (χ3n) is 2.77. The van der Waals surface area contributed by atoms with Crippen molar-refractivity contribution in [1.29, 1.82) is 0 Å². The third-order valence-corrected chi connectivity index (χ3v) is 3.69. The summed E-state index contributed by atoms with van der Waals surface area (Å²) in [5.41, 5.74) is 1.75. The largest absolute Gasteiger partial charge is 0.492 e. The van der Waals surface area contributed by atoms with Crippen LogP contribution in [0, 0.1) is 6.92 Å². The van der Waals surface area contributed by atoms with Crippen LogP contribution in [0.15, 0.2) is 51.4 Å². The summed E-state index contributed by atoms with van der Waals surface area (Å²) in [6, 6.07) is 13.3. The van der Waals surface area contributed by atoms with E-state index >= 15 is 0 Å². The second-order valence-corrected chi connectivity index (χ2v) is 6.41. The molecule has 0 saturated carbocycles. The second kappa shape index (κ2) is 7.61. The average molecular weight is 413 g/mol. The molecule has 110 valence electrons. The van der Waals surface area contributed by atoms with Crippen molar-refractivity contribution >= 4 is 37.8 Å². The van der Waals surface area contributed by atoms with Crippen LogP contribution in [0.25, 0.3) is 0 Å². The quantitative estimate of drug-likeness (QED) is 0.742. The molecule has 5 heteroatoms. The van der Waals surface area contributed by atoms with E-state index in [2.05, 4.69) is 37.2 Å². The summed E-state index contributed by atoms with van der Waals surface area (Å²) in [5.74, 6) is 0.694. The third kappa shape index (κ3) is 5.17. The fourth-order valence-corrected chi connectivity index (χ4v) is 3.12. The molecule has 3 nitrogen and oxygen atoms in total. The van der Waals surface area contributed by atoms with Crippen LogP contribution in [0.3, 0.4) is 0 Å². The maximum absolute atomic E-state index is 12.0. The van der Waals surface area contributed by atoms with Crippen molar-refractivity contribution < 1.29 is 9.53 Å². The molecule has 1 amide bonds. The van der Waals surface area contributed by atoms with E-state index in [4.69, 9.17) is 4.74 Å². The summed E-state index contributed by atoms with van der Waals surface area (Å²) in [4.78, 5) is 12.0. The molecule has 0 fully saturated rings. The van der Waals surface area contributed by atoms with Crippen molar-refractivity contribution in [1.82, 2.24) is 5.32 Å². The van der Waals surface area contributed by atoms with Crippen LogP contribution >= 0.6 is 31.9 Å². The number of halogens is 2. The van der Waals surface area contributed by atoms with Crippen molar-refractivity contribution in [3.05, 3.63) is 62.5 Å². The van der Waals surface area contributed by atoms with Crippen molar-refractivity contribution in [3.8, 4) is 5.75 Å². The van der Waals surface area contributed by atoms with Gasteiger partial charge in [0.2, 0.25) is 0 Å².